The minimum absolute atomic E-state index is 0.0109. The monoisotopic (exact) mass is 293 g/mol. The molecule has 3 heteroatoms. The molecule has 1 fully saturated rings. The number of hydrogen-bond donors (Lipinski definition) is 0. The quantitative estimate of drug-likeness (QED) is 0.791. The predicted molar refractivity (Wildman–Crippen MR) is 86.8 cm³/mol. The molecule has 0 unspecified atom stereocenters. The van der Waals surface area contributed by atoms with Gasteiger partial charge in [-0.2, -0.15) is 0 Å². The molecule has 1 saturated heterocycles. The minimum Gasteiger partial charge on any atom is -0.274 e. The van der Waals surface area contributed by atoms with Crippen molar-refractivity contribution in [2.75, 3.05) is 4.90 Å². The van der Waals surface area contributed by atoms with E-state index < -0.39 is 0 Å². The zero-order chi connectivity index (χ0) is 15.7. The highest BCUT2D eigenvalue weighted by Crippen LogP contribution is 2.33. The van der Waals surface area contributed by atoms with E-state index in [1.165, 1.54) is 4.90 Å². The molecule has 0 aromatic heterocycles. The van der Waals surface area contributed by atoms with Crippen molar-refractivity contribution in [2.24, 2.45) is 0 Å². The number of rotatable bonds is 2. The highest BCUT2D eigenvalue weighted by molar-refractivity contribution is 6.17. The highest BCUT2D eigenvalue weighted by atomic mass is 16.2. The van der Waals surface area contributed by atoms with E-state index in [-0.39, 0.29) is 17.7 Å². The van der Waals surface area contributed by atoms with Crippen LogP contribution in [0.25, 0.3) is 0 Å². The van der Waals surface area contributed by atoms with Gasteiger partial charge in [-0.05, 0) is 31.0 Å². The van der Waals surface area contributed by atoms with Crippen molar-refractivity contribution in [3.63, 3.8) is 0 Å². The molecule has 2 amide bonds. The Morgan fingerprint density at radius 3 is 2.14 bits per heavy atom. The minimum atomic E-state index is -0.114. The van der Waals surface area contributed by atoms with Crippen LogP contribution in [0, 0.1) is 13.8 Å². The number of nitrogens with zero attached hydrogens (tertiary/aromatic N) is 1. The second kappa shape index (κ2) is 5.76. The van der Waals surface area contributed by atoms with Gasteiger partial charge in [0.2, 0.25) is 11.8 Å². The topological polar surface area (TPSA) is 37.4 Å². The first-order valence-electron chi connectivity index (χ1n) is 7.54. The number of carbonyl (C=O) groups excluding carboxylic acids is 2. The Morgan fingerprint density at radius 2 is 1.55 bits per heavy atom. The maximum atomic E-state index is 12.5. The fourth-order valence-corrected chi connectivity index (χ4v) is 3.10. The van der Waals surface area contributed by atoms with Crippen LogP contribution in [0.15, 0.2) is 48.5 Å². The van der Waals surface area contributed by atoms with Gasteiger partial charge in [-0.25, -0.2) is 0 Å². The summed E-state index contributed by atoms with van der Waals surface area (Å²) in [6.07, 6.45) is 0.756. The smallest absolute Gasteiger partial charge is 0.234 e. The Labute approximate surface area is 130 Å². The Bertz CT molecular complexity index is 703. The summed E-state index contributed by atoms with van der Waals surface area (Å²) >= 11 is 0. The largest absolute Gasteiger partial charge is 0.274 e. The molecule has 2 aromatic carbocycles. The van der Waals surface area contributed by atoms with E-state index in [1.807, 2.05) is 62.4 Å². The predicted octanol–water partition coefficient (Wildman–Crippen LogP) is 3.74. The summed E-state index contributed by atoms with van der Waals surface area (Å²) in [4.78, 5) is 26.4. The van der Waals surface area contributed by atoms with E-state index in [2.05, 4.69) is 0 Å². The molecule has 0 spiro atoms. The van der Waals surface area contributed by atoms with Crippen molar-refractivity contribution >= 4 is 17.5 Å². The third-order valence-corrected chi connectivity index (χ3v) is 4.21. The van der Waals surface area contributed by atoms with Crippen molar-refractivity contribution in [3.05, 3.63) is 65.2 Å². The fourth-order valence-electron chi connectivity index (χ4n) is 3.10. The van der Waals surface area contributed by atoms with Gasteiger partial charge in [0.15, 0.2) is 0 Å². The molecule has 112 valence electrons. The van der Waals surface area contributed by atoms with Crippen LogP contribution in [-0.2, 0) is 9.59 Å². The molecule has 0 bridgehead atoms. The van der Waals surface area contributed by atoms with Gasteiger partial charge in [0, 0.05) is 18.8 Å². The van der Waals surface area contributed by atoms with Crippen molar-refractivity contribution in [2.45, 2.75) is 32.6 Å². The summed E-state index contributed by atoms with van der Waals surface area (Å²) in [6.45, 7) is 3.94. The first-order chi connectivity index (χ1) is 10.6. The molecule has 1 heterocycles. The lowest BCUT2D eigenvalue weighted by atomic mass is 9.88. The van der Waals surface area contributed by atoms with Crippen molar-refractivity contribution in [1.29, 1.82) is 0 Å². The second-order valence-electron chi connectivity index (χ2n) is 5.93. The highest BCUT2D eigenvalue weighted by Gasteiger charge is 2.34. The first kappa shape index (κ1) is 14.5. The Balaban J connectivity index is 1.88. The van der Waals surface area contributed by atoms with Gasteiger partial charge in [-0.1, -0.05) is 48.0 Å². The standard InChI is InChI=1S/C19H19NO2/c1-13-8-9-17(14(2)10-13)20-18(21)11-16(12-19(20)22)15-6-4-3-5-7-15/h3-10,16H,11-12H2,1-2H3. The van der Waals surface area contributed by atoms with E-state index in [0.29, 0.717) is 18.5 Å². The van der Waals surface area contributed by atoms with Crippen LogP contribution in [0.5, 0.6) is 0 Å². The van der Waals surface area contributed by atoms with Crippen molar-refractivity contribution in [1.82, 2.24) is 0 Å². The summed E-state index contributed by atoms with van der Waals surface area (Å²) in [5, 5.41) is 0. The van der Waals surface area contributed by atoms with Gasteiger partial charge in [0.25, 0.3) is 0 Å². The molecule has 1 aliphatic rings. The van der Waals surface area contributed by atoms with Crippen molar-refractivity contribution in [3.8, 4) is 0 Å². The Kier molecular flexibility index (Phi) is 3.80. The fraction of sp³-hybridized carbons (Fsp3) is 0.263. The summed E-state index contributed by atoms with van der Waals surface area (Å²) in [5.41, 5.74) is 3.86. The normalized spacial score (nSPS) is 16.2. The number of benzene rings is 2. The van der Waals surface area contributed by atoms with Crippen LogP contribution in [0.3, 0.4) is 0 Å². The molecule has 0 radical (unpaired) electrons. The molecule has 0 saturated carbocycles. The lowest BCUT2D eigenvalue weighted by Gasteiger charge is -2.31. The van der Waals surface area contributed by atoms with E-state index in [4.69, 9.17) is 0 Å². The molecular weight excluding hydrogens is 274 g/mol. The van der Waals surface area contributed by atoms with Gasteiger partial charge in [0.05, 0.1) is 5.69 Å². The molecular formula is C19H19NO2. The second-order valence-corrected chi connectivity index (χ2v) is 5.93. The Morgan fingerprint density at radius 1 is 0.909 bits per heavy atom. The van der Waals surface area contributed by atoms with Crippen molar-refractivity contribution < 1.29 is 9.59 Å². The Hall–Kier alpha value is -2.42. The number of anilines is 1. The third kappa shape index (κ3) is 2.67. The maximum Gasteiger partial charge on any atom is 0.234 e. The zero-order valence-electron chi connectivity index (χ0n) is 12.9. The van der Waals surface area contributed by atoms with Crippen LogP contribution < -0.4 is 4.90 Å². The third-order valence-electron chi connectivity index (χ3n) is 4.21. The average Bonchev–Trinajstić information content (AvgIpc) is 2.49. The molecule has 0 aliphatic carbocycles. The maximum absolute atomic E-state index is 12.5. The van der Waals surface area contributed by atoms with Crippen LogP contribution in [0.1, 0.15) is 35.4 Å². The van der Waals surface area contributed by atoms with E-state index in [9.17, 15) is 9.59 Å². The SMILES string of the molecule is Cc1ccc(N2C(=O)CC(c3ccccc3)CC2=O)c(C)c1. The van der Waals surface area contributed by atoms with Crippen LogP contribution in [0.2, 0.25) is 0 Å². The number of piperidine rings is 1. The molecule has 22 heavy (non-hydrogen) atoms. The number of imide groups is 1. The molecule has 3 nitrogen and oxygen atoms in total. The van der Waals surface area contributed by atoms with Gasteiger partial charge in [0.1, 0.15) is 0 Å². The molecule has 3 rings (SSSR count). The summed E-state index contributed by atoms with van der Waals surface area (Å²) < 4.78 is 0. The first-order valence-corrected chi connectivity index (χ1v) is 7.54. The molecule has 1 aliphatic heterocycles. The van der Waals surface area contributed by atoms with E-state index in [1.54, 1.807) is 0 Å². The number of carbonyl (C=O) groups is 2. The summed E-state index contributed by atoms with van der Waals surface area (Å²) in [5.74, 6) is -0.239. The number of aryl methyl sites for hydroxylation is 2. The molecule has 0 N–H and O–H groups in total. The zero-order valence-corrected chi connectivity index (χ0v) is 12.9. The summed E-state index contributed by atoms with van der Waals surface area (Å²) in [6, 6.07) is 15.6. The van der Waals surface area contributed by atoms with Gasteiger partial charge in [-0.15, -0.1) is 0 Å². The summed E-state index contributed by atoms with van der Waals surface area (Å²) in [7, 11) is 0. The van der Waals surface area contributed by atoms with Gasteiger partial charge in [-0.3, -0.25) is 14.5 Å². The molecule has 0 atom stereocenters. The van der Waals surface area contributed by atoms with E-state index in [0.717, 1.165) is 16.7 Å². The number of amides is 2. The average molecular weight is 293 g/mol. The number of hydrogen-bond acceptors (Lipinski definition) is 2. The molecule has 2 aromatic rings. The van der Waals surface area contributed by atoms with Crippen LogP contribution in [0.4, 0.5) is 5.69 Å². The van der Waals surface area contributed by atoms with Gasteiger partial charge < -0.3 is 0 Å². The lowest BCUT2D eigenvalue weighted by molar-refractivity contribution is -0.129. The van der Waals surface area contributed by atoms with Crippen LogP contribution in [-0.4, -0.2) is 11.8 Å². The van der Waals surface area contributed by atoms with Gasteiger partial charge >= 0.3 is 0 Å². The van der Waals surface area contributed by atoms with E-state index >= 15 is 0 Å². The lowest BCUT2D eigenvalue weighted by Crippen LogP contribution is -2.43. The van der Waals surface area contributed by atoms with Crippen LogP contribution >= 0.6 is 0 Å².